The molecule has 1 aliphatic heterocycles. The van der Waals surface area contributed by atoms with Crippen molar-refractivity contribution in [1.82, 2.24) is 9.97 Å². The van der Waals surface area contributed by atoms with Crippen LogP contribution >= 0.6 is 0 Å². The zero-order valence-corrected chi connectivity index (χ0v) is 30.8. The summed E-state index contributed by atoms with van der Waals surface area (Å²) in [5.74, 6) is 2.35. The summed E-state index contributed by atoms with van der Waals surface area (Å²) in [6, 6.07) is 72.0. The Morgan fingerprint density at radius 3 is 1.75 bits per heavy atom. The van der Waals surface area contributed by atoms with Crippen molar-refractivity contribution in [2.75, 3.05) is 0 Å². The Kier molecular flexibility index (Phi) is 7.68. The van der Waals surface area contributed by atoms with E-state index in [1.807, 2.05) is 48.5 Å². The van der Waals surface area contributed by atoms with Crippen LogP contribution in [0.15, 0.2) is 211 Å². The molecular weight excluding hydrogens is 697 g/mol. The highest BCUT2D eigenvalue weighted by Gasteiger charge is 2.45. The summed E-state index contributed by atoms with van der Waals surface area (Å²) in [6.45, 7) is 0. The van der Waals surface area contributed by atoms with E-state index in [9.17, 15) is 0 Å². The van der Waals surface area contributed by atoms with E-state index in [2.05, 4.69) is 158 Å². The molecule has 0 N–H and O–H groups in total. The van der Waals surface area contributed by atoms with E-state index in [1.54, 1.807) is 0 Å². The second kappa shape index (κ2) is 13.3. The minimum absolute atomic E-state index is 0.629. The minimum Gasteiger partial charge on any atom is -0.457 e. The van der Waals surface area contributed by atoms with Crippen LogP contribution in [0.4, 0.5) is 0 Å². The third-order valence-corrected chi connectivity index (χ3v) is 11.3. The van der Waals surface area contributed by atoms with Gasteiger partial charge >= 0.3 is 0 Å². The van der Waals surface area contributed by atoms with Gasteiger partial charge in [0.05, 0.1) is 16.8 Å². The van der Waals surface area contributed by atoms with Crippen molar-refractivity contribution in [2.24, 2.45) is 0 Å². The highest BCUT2D eigenvalue weighted by molar-refractivity contribution is 6.05. The van der Waals surface area contributed by atoms with Gasteiger partial charge in [-0.05, 0) is 64.7 Å². The van der Waals surface area contributed by atoms with Crippen LogP contribution in [-0.4, -0.2) is 9.97 Å². The summed E-state index contributed by atoms with van der Waals surface area (Å²) in [5, 5.41) is 2.17. The average molecular weight is 731 g/mol. The van der Waals surface area contributed by atoms with Crippen molar-refractivity contribution < 1.29 is 9.15 Å². The largest absolute Gasteiger partial charge is 0.457 e. The zero-order valence-electron chi connectivity index (χ0n) is 30.8. The van der Waals surface area contributed by atoms with Gasteiger partial charge in [0, 0.05) is 38.6 Å². The molecule has 1 aliphatic rings. The van der Waals surface area contributed by atoms with Crippen molar-refractivity contribution in [3.8, 4) is 56.5 Å². The molecule has 0 radical (unpaired) electrons. The van der Waals surface area contributed by atoms with Crippen molar-refractivity contribution in [3.63, 3.8) is 0 Å². The first-order valence-electron chi connectivity index (χ1n) is 19.2. The molecule has 2 aromatic heterocycles. The monoisotopic (exact) mass is 730 g/mol. The highest BCUT2D eigenvalue weighted by Crippen LogP contribution is 2.55. The smallest absolute Gasteiger partial charge is 0.160 e. The van der Waals surface area contributed by atoms with E-state index in [4.69, 9.17) is 19.1 Å². The van der Waals surface area contributed by atoms with Crippen LogP contribution in [0.1, 0.15) is 22.3 Å². The summed E-state index contributed by atoms with van der Waals surface area (Å²) < 4.78 is 12.9. The summed E-state index contributed by atoms with van der Waals surface area (Å²) in [5.41, 5.74) is 12.4. The predicted molar refractivity (Wildman–Crippen MR) is 229 cm³/mol. The molecule has 10 aromatic rings. The number of benzene rings is 8. The van der Waals surface area contributed by atoms with Crippen LogP contribution in [0.2, 0.25) is 0 Å². The molecule has 0 fully saturated rings. The van der Waals surface area contributed by atoms with E-state index in [-0.39, 0.29) is 0 Å². The average Bonchev–Trinajstić information content (AvgIpc) is 3.67. The van der Waals surface area contributed by atoms with Gasteiger partial charge in [-0.25, -0.2) is 9.97 Å². The van der Waals surface area contributed by atoms with Gasteiger partial charge < -0.3 is 9.15 Å². The fourth-order valence-corrected chi connectivity index (χ4v) is 8.69. The first-order chi connectivity index (χ1) is 28.2. The van der Waals surface area contributed by atoms with Gasteiger partial charge in [-0.2, -0.15) is 0 Å². The molecule has 4 heteroatoms. The number of furan rings is 1. The van der Waals surface area contributed by atoms with Crippen LogP contribution in [-0.2, 0) is 5.41 Å². The van der Waals surface area contributed by atoms with Gasteiger partial charge in [0.1, 0.15) is 22.7 Å². The maximum atomic E-state index is 6.58. The molecule has 0 aliphatic carbocycles. The molecule has 0 spiro atoms. The van der Waals surface area contributed by atoms with Crippen molar-refractivity contribution in [1.29, 1.82) is 0 Å². The molecule has 0 bridgehead atoms. The van der Waals surface area contributed by atoms with Crippen LogP contribution in [0.3, 0.4) is 0 Å². The molecule has 268 valence electrons. The number of hydrogen-bond donors (Lipinski definition) is 0. The molecule has 8 aromatic carbocycles. The Morgan fingerprint density at radius 2 is 0.965 bits per heavy atom. The minimum atomic E-state index is -0.629. The third-order valence-electron chi connectivity index (χ3n) is 11.3. The van der Waals surface area contributed by atoms with Crippen molar-refractivity contribution >= 4 is 21.9 Å². The fraction of sp³-hybridized carbons (Fsp3) is 0.0189. The molecule has 0 unspecified atom stereocenters. The summed E-state index contributed by atoms with van der Waals surface area (Å²) in [6.07, 6.45) is 0. The molecule has 0 amide bonds. The maximum Gasteiger partial charge on any atom is 0.160 e. The van der Waals surface area contributed by atoms with Gasteiger partial charge in [-0.1, -0.05) is 164 Å². The van der Waals surface area contributed by atoms with E-state index >= 15 is 0 Å². The number of ether oxygens (including phenoxy) is 1. The lowest BCUT2D eigenvalue weighted by Crippen LogP contribution is -2.34. The molecule has 57 heavy (non-hydrogen) atoms. The first-order valence-corrected chi connectivity index (χ1v) is 19.2. The number of nitrogens with zero attached hydrogens (tertiary/aromatic N) is 2. The highest BCUT2D eigenvalue weighted by atomic mass is 16.5. The van der Waals surface area contributed by atoms with E-state index in [1.165, 1.54) is 5.56 Å². The normalized spacial score (nSPS) is 12.8. The lowest BCUT2D eigenvalue weighted by atomic mass is 9.63. The van der Waals surface area contributed by atoms with Gasteiger partial charge in [-0.3, -0.25) is 0 Å². The molecule has 4 nitrogen and oxygen atoms in total. The van der Waals surface area contributed by atoms with Crippen LogP contribution < -0.4 is 4.74 Å². The SMILES string of the molecule is c1ccc(-c2cc(-c3ccccc3-c3cccc(C4(c5ccccc5)c5ccccc5Oc5ccccc54)c3)nc(-c3ccc4c(c3)oc3ccccc34)n2)cc1. The first kappa shape index (κ1) is 32.8. The van der Waals surface area contributed by atoms with Gasteiger partial charge in [0.25, 0.3) is 0 Å². The van der Waals surface area contributed by atoms with Gasteiger partial charge in [0.15, 0.2) is 5.82 Å². The van der Waals surface area contributed by atoms with Crippen LogP contribution in [0.25, 0.3) is 67.0 Å². The molecule has 11 rings (SSSR count). The predicted octanol–water partition coefficient (Wildman–Crippen LogP) is 13.5. The topological polar surface area (TPSA) is 48.2 Å². The molecule has 0 saturated carbocycles. The lowest BCUT2D eigenvalue weighted by molar-refractivity contribution is 0.434. The number of aromatic nitrogens is 2. The second-order valence-corrected chi connectivity index (χ2v) is 14.5. The third kappa shape index (κ3) is 5.37. The number of fused-ring (bicyclic) bond motifs is 5. The van der Waals surface area contributed by atoms with E-state index < -0.39 is 5.41 Å². The Bertz CT molecular complexity index is 3070. The van der Waals surface area contributed by atoms with Crippen LogP contribution in [0, 0.1) is 0 Å². The van der Waals surface area contributed by atoms with E-state index in [0.717, 1.165) is 89.3 Å². The Morgan fingerprint density at radius 1 is 0.368 bits per heavy atom. The molecule has 0 saturated heterocycles. The van der Waals surface area contributed by atoms with Gasteiger partial charge in [0.2, 0.25) is 0 Å². The Labute approximate surface area is 330 Å². The number of rotatable bonds is 6. The second-order valence-electron chi connectivity index (χ2n) is 14.5. The van der Waals surface area contributed by atoms with Crippen molar-refractivity contribution in [3.05, 3.63) is 229 Å². The quantitative estimate of drug-likeness (QED) is 0.171. The Balaban J connectivity index is 1.11. The number of hydrogen-bond acceptors (Lipinski definition) is 4. The van der Waals surface area contributed by atoms with Crippen molar-refractivity contribution in [2.45, 2.75) is 5.41 Å². The molecular formula is C53H34N2O2. The summed E-state index contributed by atoms with van der Waals surface area (Å²) in [4.78, 5) is 10.5. The number of para-hydroxylation sites is 3. The lowest BCUT2D eigenvalue weighted by Gasteiger charge is -2.41. The maximum absolute atomic E-state index is 6.58. The fourth-order valence-electron chi connectivity index (χ4n) is 8.69. The zero-order chi connectivity index (χ0) is 37.8. The summed E-state index contributed by atoms with van der Waals surface area (Å²) >= 11 is 0. The summed E-state index contributed by atoms with van der Waals surface area (Å²) in [7, 11) is 0. The van der Waals surface area contributed by atoms with E-state index in [0.29, 0.717) is 5.82 Å². The Hall–Kier alpha value is -7.56. The molecule has 3 heterocycles. The standard InChI is InChI=1S/C53H34N2O2/c1-3-16-35(17-4-1)46-34-47(55-52(54-46)37-30-31-43-42-24-9-12-27-48(42)56-51(43)33-37)41-23-8-7-22-40(41)36-18-15-21-39(32-36)53(38-19-5-2-6-20-38)44-25-10-13-28-49(44)57-50-29-14-11-26-45(50)53/h1-34H. The molecule has 0 atom stereocenters. The van der Waals surface area contributed by atoms with Crippen LogP contribution in [0.5, 0.6) is 11.5 Å². The van der Waals surface area contributed by atoms with Gasteiger partial charge in [-0.15, -0.1) is 0 Å².